The monoisotopic (exact) mass is 379 g/mol. The van der Waals surface area contributed by atoms with Gasteiger partial charge in [0.05, 0.1) is 18.9 Å². The quantitative estimate of drug-likeness (QED) is 0.672. The molecule has 144 valence electrons. The number of carbonyl (C=O) groups is 1. The molecule has 1 aromatic carbocycles. The van der Waals surface area contributed by atoms with E-state index in [9.17, 15) is 4.79 Å². The maximum atomic E-state index is 12.9. The summed E-state index contributed by atoms with van der Waals surface area (Å²) >= 11 is 0. The molecule has 0 spiro atoms. The first-order valence-electron chi connectivity index (χ1n) is 9.26. The first kappa shape index (κ1) is 18.1. The molecule has 0 N–H and O–H groups in total. The molecule has 1 aliphatic heterocycles. The lowest BCUT2D eigenvalue weighted by atomic mass is 9.94. The Balaban J connectivity index is 1.43. The van der Waals surface area contributed by atoms with Crippen molar-refractivity contribution in [2.75, 3.05) is 20.2 Å². The third kappa shape index (κ3) is 3.85. The zero-order valence-corrected chi connectivity index (χ0v) is 15.6. The number of benzene rings is 1. The van der Waals surface area contributed by atoms with Gasteiger partial charge in [0.2, 0.25) is 11.7 Å². The van der Waals surface area contributed by atoms with Crippen molar-refractivity contribution >= 4 is 5.91 Å². The molecule has 1 unspecified atom stereocenters. The molecule has 3 aromatic rings. The Kier molecular flexibility index (Phi) is 5.27. The van der Waals surface area contributed by atoms with E-state index in [4.69, 9.17) is 9.26 Å². The van der Waals surface area contributed by atoms with Gasteiger partial charge in [-0.1, -0.05) is 17.3 Å². The topological polar surface area (TPSA) is 94.2 Å². The number of nitrogens with zero attached hydrogens (tertiary/aromatic N) is 5. The van der Waals surface area contributed by atoms with Crippen LogP contribution in [0.25, 0.3) is 11.5 Å². The Labute approximate surface area is 162 Å². The van der Waals surface area contributed by atoms with Crippen LogP contribution in [-0.2, 0) is 6.42 Å². The Bertz CT molecular complexity index is 944. The van der Waals surface area contributed by atoms with Crippen LogP contribution in [0.3, 0.4) is 0 Å². The largest absolute Gasteiger partial charge is 0.496 e. The van der Waals surface area contributed by atoms with Gasteiger partial charge >= 0.3 is 0 Å². The predicted octanol–water partition coefficient (Wildman–Crippen LogP) is 2.63. The summed E-state index contributed by atoms with van der Waals surface area (Å²) in [6, 6.07) is 7.32. The lowest BCUT2D eigenvalue weighted by Crippen LogP contribution is -2.40. The molecule has 0 aliphatic carbocycles. The highest BCUT2D eigenvalue weighted by Crippen LogP contribution is 2.25. The minimum absolute atomic E-state index is 0.00655. The average molecular weight is 379 g/mol. The van der Waals surface area contributed by atoms with Crippen molar-refractivity contribution in [2.24, 2.45) is 5.92 Å². The molecule has 1 atom stereocenters. The SMILES string of the molecule is COc1ccccc1C(=O)N1CCCC(Cc2nc(-c3cnccn3)no2)C1. The number of carbonyl (C=O) groups excluding carboxylic acids is 1. The zero-order chi connectivity index (χ0) is 19.3. The lowest BCUT2D eigenvalue weighted by molar-refractivity contribution is 0.0665. The van der Waals surface area contributed by atoms with Gasteiger partial charge in [-0.3, -0.25) is 9.78 Å². The van der Waals surface area contributed by atoms with Gasteiger partial charge in [0.25, 0.3) is 5.91 Å². The number of likely N-dealkylation sites (tertiary alicyclic amines) is 1. The standard InChI is InChI=1S/C20H21N5O3/c1-27-17-7-3-2-6-15(17)20(26)25-10-4-5-14(13-25)11-18-23-19(24-28-18)16-12-21-8-9-22-16/h2-3,6-9,12,14H,4-5,10-11,13H2,1H3. The molecule has 2 aromatic heterocycles. The van der Waals surface area contributed by atoms with Gasteiger partial charge in [-0.15, -0.1) is 0 Å². The van der Waals surface area contributed by atoms with Crippen molar-refractivity contribution in [1.29, 1.82) is 0 Å². The summed E-state index contributed by atoms with van der Waals surface area (Å²) in [5.74, 6) is 1.84. The molecule has 1 amide bonds. The van der Waals surface area contributed by atoms with E-state index in [0.29, 0.717) is 41.7 Å². The third-order valence-electron chi connectivity index (χ3n) is 4.87. The van der Waals surface area contributed by atoms with Crippen LogP contribution in [0.15, 0.2) is 47.4 Å². The van der Waals surface area contributed by atoms with Crippen LogP contribution in [0.1, 0.15) is 29.1 Å². The van der Waals surface area contributed by atoms with E-state index in [1.807, 2.05) is 17.0 Å². The minimum atomic E-state index is -0.00655. The van der Waals surface area contributed by atoms with Crippen LogP contribution in [-0.4, -0.2) is 51.1 Å². The minimum Gasteiger partial charge on any atom is -0.496 e. The van der Waals surface area contributed by atoms with Crippen molar-refractivity contribution in [2.45, 2.75) is 19.3 Å². The van der Waals surface area contributed by atoms with Gasteiger partial charge in [0, 0.05) is 31.9 Å². The summed E-state index contributed by atoms with van der Waals surface area (Å²) in [5, 5.41) is 3.99. The predicted molar refractivity (Wildman–Crippen MR) is 101 cm³/mol. The van der Waals surface area contributed by atoms with E-state index >= 15 is 0 Å². The van der Waals surface area contributed by atoms with Gasteiger partial charge in [0.15, 0.2) is 0 Å². The van der Waals surface area contributed by atoms with Crippen molar-refractivity contribution in [3.63, 3.8) is 0 Å². The van der Waals surface area contributed by atoms with Crippen molar-refractivity contribution in [3.05, 3.63) is 54.3 Å². The number of hydrogen-bond donors (Lipinski definition) is 0. The van der Waals surface area contributed by atoms with Crippen LogP contribution in [0.4, 0.5) is 0 Å². The molecule has 1 saturated heterocycles. The average Bonchev–Trinajstić information content (AvgIpc) is 3.22. The molecule has 3 heterocycles. The van der Waals surface area contributed by atoms with Gasteiger partial charge in [-0.2, -0.15) is 4.98 Å². The van der Waals surface area contributed by atoms with Crippen LogP contribution in [0.2, 0.25) is 0 Å². The van der Waals surface area contributed by atoms with Gasteiger partial charge in [0.1, 0.15) is 11.4 Å². The van der Waals surface area contributed by atoms with Crippen LogP contribution in [0, 0.1) is 5.92 Å². The number of aromatic nitrogens is 4. The summed E-state index contributed by atoms with van der Waals surface area (Å²) in [7, 11) is 1.58. The first-order chi connectivity index (χ1) is 13.7. The molecule has 4 rings (SSSR count). The van der Waals surface area contributed by atoms with Crippen LogP contribution >= 0.6 is 0 Å². The van der Waals surface area contributed by atoms with Gasteiger partial charge in [-0.05, 0) is 30.9 Å². The molecule has 0 saturated carbocycles. The number of rotatable bonds is 5. The summed E-state index contributed by atoms with van der Waals surface area (Å²) in [6.45, 7) is 1.39. The van der Waals surface area contributed by atoms with E-state index in [1.54, 1.807) is 37.8 Å². The summed E-state index contributed by atoms with van der Waals surface area (Å²) < 4.78 is 10.7. The number of hydrogen-bond acceptors (Lipinski definition) is 7. The Morgan fingerprint density at radius 3 is 3.04 bits per heavy atom. The Hall–Kier alpha value is -3.29. The highest BCUT2D eigenvalue weighted by Gasteiger charge is 2.27. The molecular formula is C20H21N5O3. The second-order valence-corrected chi connectivity index (χ2v) is 6.77. The lowest BCUT2D eigenvalue weighted by Gasteiger charge is -2.32. The van der Waals surface area contributed by atoms with E-state index in [0.717, 1.165) is 19.4 Å². The molecule has 28 heavy (non-hydrogen) atoms. The summed E-state index contributed by atoms with van der Waals surface area (Å²) in [4.78, 5) is 27.5. The molecule has 0 bridgehead atoms. The molecule has 8 heteroatoms. The highest BCUT2D eigenvalue weighted by molar-refractivity contribution is 5.97. The summed E-state index contributed by atoms with van der Waals surface area (Å²) in [5.41, 5.74) is 1.17. The normalized spacial score (nSPS) is 16.8. The molecular weight excluding hydrogens is 358 g/mol. The number of methoxy groups -OCH3 is 1. The fraction of sp³-hybridized carbons (Fsp3) is 0.350. The van der Waals surface area contributed by atoms with E-state index < -0.39 is 0 Å². The van der Waals surface area contributed by atoms with Crippen LogP contribution < -0.4 is 4.74 Å². The van der Waals surface area contributed by atoms with Gasteiger partial charge < -0.3 is 14.2 Å². The second kappa shape index (κ2) is 8.16. The van der Waals surface area contributed by atoms with Crippen molar-refractivity contribution < 1.29 is 14.1 Å². The molecule has 8 nitrogen and oxygen atoms in total. The second-order valence-electron chi connectivity index (χ2n) is 6.77. The zero-order valence-electron chi connectivity index (χ0n) is 15.6. The van der Waals surface area contributed by atoms with Crippen molar-refractivity contribution in [1.82, 2.24) is 25.0 Å². The maximum absolute atomic E-state index is 12.9. The highest BCUT2D eigenvalue weighted by atomic mass is 16.5. The number of ether oxygens (including phenoxy) is 1. The smallest absolute Gasteiger partial charge is 0.257 e. The molecule has 0 radical (unpaired) electrons. The number of amides is 1. The van der Waals surface area contributed by atoms with E-state index in [1.165, 1.54) is 0 Å². The van der Waals surface area contributed by atoms with Crippen LogP contribution in [0.5, 0.6) is 5.75 Å². The fourth-order valence-electron chi connectivity index (χ4n) is 3.51. The van der Waals surface area contributed by atoms with Gasteiger partial charge in [-0.25, -0.2) is 4.98 Å². The molecule has 1 aliphatic rings. The Morgan fingerprint density at radius 1 is 1.32 bits per heavy atom. The fourth-order valence-corrected chi connectivity index (χ4v) is 3.51. The summed E-state index contributed by atoms with van der Waals surface area (Å²) in [6.07, 6.45) is 7.37. The van der Waals surface area contributed by atoms with E-state index in [2.05, 4.69) is 20.1 Å². The van der Waals surface area contributed by atoms with Crippen molar-refractivity contribution in [3.8, 4) is 17.3 Å². The van der Waals surface area contributed by atoms with E-state index in [-0.39, 0.29) is 11.8 Å². The number of piperidine rings is 1. The number of para-hydroxylation sites is 1. The third-order valence-corrected chi connectivity index (χ3v) is 4.87. The molecule has 1 fully saturated rings. The first-order valence-corrected chi connectivity index (χ1v) is 9.26. The Morgan fingerprint density at radius 2 is 2.21 bits per heavy atom. The maximum Gasteiger partial charge on any atom is 0.257 e.